The number of halogens is 1. The van der Waals surface area contributed by atoms with E-state index in [0.29, 0.717) is 10.7 Å². The quantitative estimate of drug-likeness (QED) is 0.709. The molecule has 1 heterocycles. The van der Waals surface area contributed by atoms with Gasteiger partial charge in [0.05, 0.1) is 0 Å². The smallest absolute Gasteiger partial charge is 0.256 e. The van der Waals surface area contributed by atoms with E-state index < -0.39 is 0 Å². The van der Waals surface area contributed by atoms with Crippen LogP contribution < -0.4 is 10.1 Å². The lowest BCUT2D eigenvalue weighted by molar-refractivity contribution is -0.111. The average Bonchev–Trinajstić information content (AvgIpc) is 2.55. The Balaban J connectivity index is 1.78. The van der Waals surface area contributed by atoms with Crippen molar-refractivity contribution in [2.75, 3.05) is 5.32 Å². The molecular weight excluding hydrogens is 330 g/mol. The molecule has 3 aromatic rings. The number of carbonyl (C=O) groups is 1. The summed E-state index contributed by atoms with van der Waals surface area (Å²) in [7, 11) is 0. The second kappa shape index (κ2) is 6.77. The predicted octanol–water partition coefficient (Wildman–Crippen LogP) is 4.57. The van der Waals surface area contributed by atoms with Crippen LogP contribution in [-0.2, 0) is 4.79 Å². The van der Waals surface area contributed by atoms with Crippen molar-refractivity contribution in [1.82, 2.24) is 0 Å². The maximum Gasteiger partial charge on any atom is 0.256 e. The number of hydrogen-bond donors (Lipinski definition) is 1. The number of rotatable bonds is 3. The number of anilines is 1. The summed E-state index contributed by atoms with van der Waals surface area (Å²) < 4.78 is 0.726. The highest BCUT2D eigenvalue weighted by Crippen LogP contribution is 2.19. The van der Waals surface area contributed by atoms with E-state index in [2.05, 4.69) is 5.32 Å². The van der Waals surface area contributed by atoms with E-state index in [1.165, 1.54) is 6.08 Å². The van der Waals surface area contributed by atoms with Gasteiger partial charge in [0.15, 0.2) is 0 Å². The Kier molecular flexibility index (Phi) is 4.55. The van der Waals surface area contributed by atoms with Crippen LogP contribution in [0.3, 0.4) is 0 Å². The van der Waals surface area contributed by atoms with Crippen LogP contribution in [0.25, 0.3) is 16.2 Å². The lowest BCUT2D eigenvalue weighted by Gasteiger charge is -2.02. The van der Waals surface area contributed by atoms with Crippen molar-refractivity contribution in [3.8, 4) is 0 Å². The van der Waals surface area contributed by atoms with Crippen molar-refractivity contribution in [2.45, 2.75) is 0 Å². The molecule has 0 atom stereocenters. The van der Waals surface area contributed by atoms with Crippen molar-refractivity contribution in [2.24, 2.45) is 0 Å². The van der Waals surface area contributed by atoms with Crippen molar-refractivity contribution in [1.29, 1.82) is 0 Å². The summed E-state index contributed by atoms with van der Waals surface area (Å²) >= 11 is 6.93. The summed E-state index contributed by atoms with van der Waals surface area (Å²) in [6.07, 6.45) is 3.06. The van der Waals surface area contributed by atoms with E-state index in [9.17, 15) is 9.59 Å². The van der Waals surface area contributed by atoms with Gasteiger partial charge in [-0.15, -0.1) is 0 Å². The molecular formula is C18H12ClNO2S. The minimum atomic E-state index is -0.348. The first-order chi connectivity index (χ1) is 11.1. The van der Waals surface area contributed by atoms with Gasteiger partial charge in [-0.1, -0.05) is 53.3 Å². The molecule has 1 amide bonds. The van der Waals surface area contributed by atoms with Gasteiger partial charge in [-0.25, -0.2) is 0 Å². The lowest BCUT2D eigenvalue weighted by atomic mass is 10.2. The van der Waals surface area contributed by atoms with Gasteiger partial charge in [0, 0.05) is 15.8 Å². The molecule has 0 saturated carbocycles. The van der Waals surface area contributed by atoms with Crippen LogP contribution >= 0.6 is 22.9 Å². The van der Waals surface area contributed by atoms with Crippen LogP contribution in [0.15, 0.2) is 65.5 Å². The fraction of sp³-hybridized carbons (Fsp3) is 0. The molecule has 3 rings (SSSR count). The Hall–Kier alpha value is -2.43. The van der Waals surface area contributed by atoms with E-state index >= 15 is 0 Å². The predicted molar refractivity (Wildman–Crippen MR) is 97.2 cm³/mol. The Bertz CT molecular complexity index is 945. The van der Waals surface area contributed by atoms with Gasteiger partial charge in [0.2, 0.25) is 5.91 Å². The van der Waals surface area contributed by atoms with E-state index in [0.717, 1.165) is 27.0 Å². The number of fused-ring (bicyclic) bond motifs is 1. The van der Waals surface area contributed by atoms with Crippen molar-refractivity contribution in [3.63, 3.8) is 0 Å². The highest BCUT2D eigenvalue weighted by molar-refractivity contribution is 7.16. The molecule has 114 valence electrons. The second-order valence-corrected chi connectivity index (χ2v) is 6.31. The molecule has 0 aliphatic heterocycles. The van der Waals surface area contributed by atoms with Gasteiger partial charge in [-0.3, -0.25) is 9.59 Å². The minimum Gasteiger partial charge on any atom is -0.318 e. The third-order valence-corrected chi connectivity index (χ3v) is 4.45. The Morgan fingerprint density at radius 1 is 1.09 bits per heavy atom. The number of carbonyl (C=O) groups excluding carboxylic acids is 1. The van der Waals surface area contributed by atoms with Crippen molar-refractivity contribution < 1.29 is 4.79 Å². The summed E-state index contributed by atoms with van der Waals surface area (Å²) in [5.41, 5.74) is 1.15. The summed E-state index contributed by atoms with van der Waals surface area (Å²) in [5.74, 6) is -0.348. The van der Waals surface area contributed by atoms with Gasteiger partial charge in [0.25, 0.3) is 4.74 Å². The molecule has 23 heavy (non-hydrogen) atoms. The third-order valence-electron chi connectivity index (χ3n) is 3.20. The second-order valence-electron chi connectivity index (χ2n) is 4.86. The van der Waals surface area contributed by atoms with E-state index in [-0.39, 0.29) is 10.6 Å². The van der Waals surface area contributed by atoms with Crippen LogP contribution in [0, 0.1) is 0 Å². The van der Waals surface area contributed by atoms with Gasteiger partial charge in [-0.05, 0) is 41.3 Å². The van der Waals surface area contributed by atoms with Crippen LogP contribution in [-0.4, -0.2) is 5.91 Å². The molecule has 0 spiro atoms. The monoisotopic (exact) mass is 341 g/mol. The SMILES string of the molecule is O=C(C=Cc1ccc(Cl)cc1)Nc1cc2ccccc2sc1=O. The van der Waals surface area contributed by atoms with Crippen LogP contribution in [0.1, 0.15) is 5.56 Å². The maximum atomic E-state index is 12.0. The molecule has 3 nitrogen and oxygen atoms in total. The van der Waals surface area contributed by atoms with E-state index in [4.69, 9.17) is 11.6 Å². The van der Waals surface area contributed by atoms with Crippen LogP contribution in [0.2, 0.25) is 5.02 Å². The minimum absolute atomic E-state index is 0.169. The highest BCUT2D eigenvalue weighted by Gasteiger charge is 2.05. The molecule has 0 aliphatic carbocycles. The van der Waals surface area contributed by atoms with Crippen molar-refractivity contribution in [3.05, 3.63) is 80.8 Å². The van der Waals surface area contributed by atoms with Crippen LogP contribution in [0.5, 0.6) is 0 Å². The molecule has 2 aromatic carbocycles. The molecule has 0 bridgehead atoms. The van der Waals surface area contributed by atoms with Gasteiger partial charge < -0.3 is 5.32 Å². The molecule has 0 unspecified atom stereocenters. The summed E-state index contributed by atoms with van der Waals surface area (Å²) in [4.78, 5) is 24.0. The topological polar surface area (TPSA) is 46.2 Å². The molecule has 0 aliphatic rings. The molecule has 1 aromatic heterocycles. The van der Waals surface area contributed by atoms with Gasteiger partial charge >= 0.3 is 0 Å². The largest absolute Gasteiger partial charge is 0.318 e. The first-order valence-electron chi connectivity index (χ1n) is 6.89. The Morgan fingerprint density at radius 2 is 1.83 bits per heavy atom. The zero-order valence-electron chi connectivity index (χ0n) is 12.0. The average molecular weight is 342 g/mol. The lowest BCUT2D eigenvalue weighted by Crippen LogP contribution is -2.14. The summed E-state index contributed by atoms with van der Waals surface area (Å²) in [5, 5.41) is 4.19. The maximum absolute atomic E-state index is 12.0. The highest BCUT2D eigenvalue weighted by atomic mass is 35.5. The molecule has 0 radical (unpaired) electrons. The summed E-state index contributed by atoms with van der Waals surface area (Å²) in [6.45, 7) is 0. The van der Waals surface area contributed by atoms with Crippen LogP contribution in [0.4, 0.5) is 5.69 Å². The fourth-order valence-electron chi connectivity index (χ4n) is 2.07. The van der Waals surface area contributed by atoms with E-state index in [1.54, 1.807) is 24.3 Å². The first-order valence-corrected chi connectivity index (χ1v) is 8.09. The molecule has 5 heteroatoms. The Labute approximate surface area is 141 Å². The first kappa shape index (κ1) is 15.5. The molecule has 0 fully saturated rings. The number of benzene rings is 2. The zero-order chi connectivity index (χ0) is 16.2. The zero-order valence-corrected chi connectivity index (χ0v) is 13.5. The molecule has 0 saturated heterocycles. The third kappa shape index (κ3) is 3.86. The molecule has 1 N–H and O–H groups in total. The Morgan fingerprint density at radius 3 is 2.61 bits per heavy atom. The standard InChI is InChI=1S/C18H12ClNO2S/c19-14-8-5-12(6-9-14)7-10-17(21)20-15-11-13-3-1-2-4-16(13)23-18(15)22/h1-11H,(H,20,21). The normalized spacial score (nSPS) is 11.0. The fourth-order valence-corrected chi connectivity index (χ4v) is 3.01. The number of hydrogen-bond acceptors (Lipinski definition) is 3. The van der Waals surface area contributed by atoms with Gasteiger partial charge in [0.1, 0.15) is 5.69 Å². The van der Waals surface area contributed by atoms with Gasteiger partial charge in [-0.2, -0.15) is 0 Å². The van der Waals surface area contributed by atoms with E-state index in [1.807, 2.05) is 36.4 Å². The number of nitrogens with one attached hydrogen (secondary N) is 1. The summed E-state index contributed by atoms with van der Waals surface area (Å²) in [6, 6.07) is 16.4. The van der Waals surface area contributed by atoms with Crippen molar-refractivity contribution >= 4 is 50.7 Å². The number of amides is 1.